The summed E-state index contributed by atoms with van der Waals surface area (Å²) in [6.45, 7) is 8.44. The van der Waals surface area contributed by atoms with Crippen LogP contribution in [0, 0.1) is 0 Å². The number of hydrogen-bond donors (Lipinski definition) is 2. The fourth-order valence-corrected chi connectivity index (χ4v) is 6.07. The van der Waals surface area contributed by atoms with Crippen LogP contribution in [-0.2, 0) is 37.9 Å². The second-order valence-electron chi connectivity index (χ2n) is 6.37. The van der Waals surface area contributed by atoms with Crippen LogP contribution in [0.3, 0.4) is 0 Å². The van der Waals surface area contributed by atoms with Gasteiger partial charge in [-0.25, -0.2) is 0 Å². The van der Waals surface area contributed by atoms with Crippen LogP contribution in [-0.4, -0.2) is 12.4 Å². The molecule has 0 amide bonds. The quantitative estimate of drug-likeness (QED) is 0.343. The van der Waals surface area contributed by atoms with E-state index >= 15 is 0 Å². The van der Waals surface area contributed by atoms with E-state index in [-0.39, 0.29) is 0 Å². The third-order valence-corrected chi connectivity index (χ3v) is 6.94. The van der Waals surface area contributed by atoms with E-state index < -0.39 is 0 Å². The van der Waals surface area contributed by atoms with Crippen molar-refractivity contribution in [3.8, 4) is 10.6 Å². The molecule has 2 aromatic heterocycles. The molecule has 0 spiro atoms. The van der Waals surface area contributed by atoms with Crippen molar-refractivity contribution in [2.75, 3.05) is 6.54 Å². The van der Waals surface area contributed by atoms with Gasteiger partial charge in [0, 0.05) is 17.8 Å². The minimum absolute atomic E-state index is 0.444. The molecular weight excluding hydrogens is 364 g/mol. The van der Waals surface area contributed by atoms with Gasteiger partial charge in [-0.15, -0.1) is 11.3 Å². The van der Waals surface area contributed by atoms with Gasteiger partial charge in [-0.3, -0.25) is 0 Å². The molecule has 0 unspecified atom stereocenters. The van der Waals surface area contributed by atoms with E-state index in [1.807, 2.05) is 22.7 Å². The number of hydrogen-bond acceptors (Lipinski definition) is 5. The van der Waals surface area contributed by atoms with E-state index in [0.717, 1.165) is 25.9 Å². The number of oxime groups is 1. The topological polar surface area (TPSA) is 63.5 Å². The summed E-state index contributed by atoms with van der Waals surface area (Å²) in [6.07, 6.45) is 6.40. The van der Waals surface area contributed by atoms with Gasteiger partial charge >= 0.3 is 0 Å². The normalized spacial score (nSPS) is 14.8. The number of fused-ring (bicyclic) bond motifs is 1. The van der Waals surface area contributed by atoms with Crippen molar-refractivity contribution in [3.05, 3.63) is 32.0 Å². The van der Waals surface area contributed by atoms with Crippen LogP contribution in [0.4, 0.5) is 0 Å². The average Bonchev–Trinajstić information content (AvgIpc) is 3.12. The number of nitrogens with one attached hydrogen (secondary N) is 1. The lowest BCUT2D eigenvalue weighted by Crippen LogP contribution is -2.33. The molecule has 0 saturated carbocycles. The standard InChI is InChI=1S/C19H27N4OS2/c1-5-7-15-14(6-2)23(4)19(26-15)18-13-8-9-21-10-16(13)25-17(18)11-24-22-12(3)20/h5,7,21H,6,8-11H2,1-4H3,(H2,20,22)/q+1. The first-order valence-electron chi connectivity index (χ1n) is 8.97. The summed E-state index contributed by atoms with van der Waals surface area (Å²) in [5.74, 6) is 0.444. The predicted molar refractivity (Wildman–Crippen MR) is 110 cm³/mol. The number of aromatic nitrogens is 1. The van der Waals surface area contributed by atoms with Gasteiger partial charge in [0.15, 0.2) is 12.3 Å². The summed E-state index contributed by atoms with van der Waals surface area (Å²) >= 11 is 3.70. The molecule has 5 nitrogen and oxygen atoms in total. The molecule has 0 aromatic carbocycles. The molecule has 0 atom stereocenters. The molecular formula is C19H27N4OS2+. The van der Waals surface area contributed by atoms with E-state index in [2.05, 4.69) is 48.1 Å². The maximum Gasteiger partial charge on any atom is 0.271 e. The van der Waals surface area contributed by atoms with E-state index in [0.29, 0.717) is 12.4 Å². The molecule has 26 heavy (non-hydrogen) atoms. The van der Waals surface area contributed by atoms with Crippen molar-refractivity contribution < 1.29 is 9.40 Å². The van der Waals surface area contributed by atoms with Gasteiger partial charge in [-0.1, -0.05) is 29.5 Å². The molecule has 0 radical (unpaired) electrons. The number of thiophene rings is 1. The molecule has 140 valence electrons. The Balaban J connectivity index is 2.11. The lowest BCUT2D eigenvalue weighted by atomic mass is 10.0. The van der Waals surface area contributed by atoms with Crippen LogP contribution in [0.25, 0.3) is 16.6 Å². The largest absolute Gasteiger partial charge is 0.389 e. The highest BCUT2D eigenvalue weighted by Gasteiger charge is 2.30. The minimum atomic E-state index is 0.444. The molecule has 7 heteroatoms. The SMILES string of the molecule is CC=Cc1sc(-c2c(CON=C(C)N)sc3c2CCNC3)[n+](C)c1CC. The van der Waals surface area contributed by atoms with Gasteiger partial charge < -0.3 is 15.9 Å². The number of thiazole rings is 1. The zero-order valence-corrected chi connectivity index (χ0v) is 17.5. The van der Waals surface area contributed by atoms with E-state index in [9.17, 15) is 0 Å². The Morgan fingerprint density at radius 3 is 2.92 bits per heavy atom. The Bertz CT molecular complexity index is 844. The minimum Gasteiger partial charge on any atom is -0.389 e. The van der Waals surface area contributed by atoms with Crippen molar-refractivity contribution >= 4 is 34.6 Å². The summed E-state index contributed by atoms with van der Waals surface area (Å²) < 4.78 is 2.35. The Kier molecular flexibility index (Phi) is 6.11. The molecule has 0 aliphatic carbocycles. The van der Waals surface area contributed by atoms with Crippen LogP contribution in [0.5, 0.6) is 0 Å². The van der Waals surface area contributed by atoms with E-state index in [1.54, 1.807) is 6.92 Å². The molecule has 1 aliphatic rings. The first kappa shape index (κ1) is 19.1. The molecule has 1 aliphatic heterocycles. The fourth-order valence-electron chi connectivity index (χ4n) is 3.37. The maximum absolute atomic E-state index is 5.61. The zero-order chi connectivity index (χ0) is 18.7. The summed E-state index contributed by atoms with van der Waals surface area (Å²) in [5, 5.41) is 8.71. The molecule has 0 saturated heterocycles. The first-order valence-corrected chi connectivity index (χ1v) is 10.6. The lowest BCUT2D eigenvalue weighted by molar-refractivity contribution is -0.663. The molecule has 3 rings (SSSR count). The number of amidine groups is 1. The summed E-state index contributed by atoms with van der Waals surface area (Å²) in [6, 6.07) is 0. The van der Waals surface area contributed by atoms with Crippen LogP contribution in [0.15, 0.2) is 11.2 Å². The maximum atomic E-state index is 5.61. The third-order valence-electron chi connectivity index (χ3n) is 4.47. The molecule has 3 N–H and O–H groups in total. The highest BCUT2D eigenvalue weighted by atomic mass is 32.1. The Morgan fingerprint density at radius 1 is 1.42 bits per heavy atom. The summed E-state index contributed by atoms with van der Waals surface area (Å²) in [4.78, 5) is 9.49. The van der Waals surface area contributed by atoms with Gasteiger partial charge in [0.05, 0.1) is 10.4 Å². The molecule has 2 aromatic rings. The highest BCUT2D eigenvalue weighted by Crippen LogP contribution is 2.40. The van der Waals surface area contributed by atoms with Gasteiger partial charge in [0.2, 0.25) is 0 Å². The van der Waals surface area contributed by atoms with Crippen LogP contribution >= 0.6 is 22.7 Å². The van der Waals surface area contributed by atoms with Crippen molar-refractivity contribution in [1.82, 2.24) is 5.32 Å². The van der Waals surface area contributed by atoms with E-state index in [1.165, 1.54) is 36.5 Å². The second-order valence-corrected chi connectivity index (χ2v) is 8.59. The average molecular weight is 392 g/mol. The smallest absolute Gasteiger partial charge is 0.271 e. The highest BCUT2D eigenvalue weighted by molar-refractivity contribution is 7.17. The van der Waals surface area contributed by atoms with E-state index in [4.69, 9.17) is 10.6 Å². The third kappa shape index (κ3) is 3.70. The van der Waals surface area contributed by atoms with Gasteiger partial charge in [0.25, 0.3) is 5.01 Å². The second kappa shape index (κ2) is 8.33. The van der Waals surface area contributed by atoms with Gasteiger partial charge in [0.1, 0.15) is 17.8 Å². The number of allylic oxidation sites excluding steroid dienone is 1. The number of nitrogens with two attached hydrogens (primary N) is 1. The molecule has 3 heterocycles. The number of rotatable bonds is 6. The predicted octanol–water partition coefficient (Wildman–Crippen LogP) is 3.35. The molecule has 0 bridgehead atoms. The van der Waals surface area contributed by atoms with Crippen molar-refractivity contribution in [2.45, 2.75) is 46.8 Å². The zero-order valence-electron chi connectivity index (χ0n) is 15.9. The van der Waals surface area contributed by atoms with Crippen molar-refractivity contribution in [3.63, 3.8) is 0 Å². The lowest BCUT2D eigenvalue weighted by Gasteiger charge is -2.13. The monoisotopic (exact) mass is 391 g/mol. The Hall–Kier alpha value is -1.70. The van der Waals surface area contributed by atoms with Crippen LogP contribution < -0.4 is 15.6 Å². The van der Waals surface area contributed by atoms with Gasteiger partial charge in [-0.05, 0) is 38.5 Å². The van der Waals surface area contributed by atoms with Gasteiger partial charge in [-0.2, -0.15) is 4.57 Å². The van der Waals surface area contributed by atoms with Crippen molar-refractivity contribution in [2.24, 2.45) is 17.9 Å². The molecule has 0 fully saturated rings. The summed E-state index contributed by atoms with van der Waals surface area (Å²) in [5.41, 5.74) is 9.79. The summed E-state index contributed by atoms with van der Waals surface area (Å²) in [7, 11) is 2.18. The Morgan fingerprint density at radius 2 is 2.23 bits per heavy atom. The fraction of sp³-hybridized carbons (Fsp3) is 0.474. The first-order chi connectivity index (χ1) is 12.6. The Labute approximate surface area is 163 Å². The van der Waals surface area contributed by atoms with Crippen LogP contribution in [0.2, 0.25) is 0 Å². The number of nitrogens with zero attached hydrogens (tertiary/aromatic N) is 2. The van der Waals surface area contributed by atoms with Crippen molar-refractivity contribution in [1.29, 1.82) is 0 Å². The van der Waals surface area contributed by atoms with Crippen LogP contribution in [0.1, 0.15) is 46.7 Å².